The molecule has 0 heterocycles. The number of rotatable bonds is 10. The number of nitrogens with one attached hydrogen (secondary N) is 3. The van der Waals surface area contributed by atoms with Crippen LogP contribution >= 0.6 is 0 Å². The van der Waals surface area contributed by atoms with Crippen LogP contribution in [0.5, 0.6) is 11.5 Å². The molecule has 0 atom stereocenters. The van der Waals surface area contributed by atoms with Crippen molar-refractivity contribution in [3.8, 4) is 11.5 Å². The van der Waals surface area contributed by atoms with Gasteiger partial charge >= 0.3 is 0 Å². The van der Waals surface area contributed by atoms with Crippen LogP contribution in [0.1, 0.15) is 0 Å². The lowest BCUT2D eigenvalue weighted by atomic mass is 10.2. The molecule has 0 aromatic heterocycles. The van der Waals surface area contributed by atoms with Crippen LogP contribution in [0.25, 0.3) is 0 Å². The van der Waals surface area contributed by atoms with Crippen LogP contribution in [0.15, 0.2) is 36.4 Å². The van der Waals surface area contributed by atoms with Gasteiger partial charge in [-0.2, -0.15) is 0 Å². The summed E-state index contributed by atoms with van der Waals surface area (Å²) in [5.41, 5.74) is 4.22. The van der Waals surface area contributed by atoms with E-state index in [-0.39, 0.29) is 0 Å². The van der Waals surface area contributed by atoms with Crippen molar-refractivity contribution in [2.75, 3.05) is 15.3 Å². The number of anilines is 4. The Morgan fingerprint density at radius 2 is 0.848 bits per heavy atom. The van der Waals surface area contributed by atoms with Gasteiger partial charge in [-0.1, -0.05) is 39.3 Å². The molecule has 0 bridgehead atoms. The maximum Gasteiger partial charge on any atom is 0.242 e. The lowest BCUT2D eigenvalue weighted by molar-refractivity contribution is 0.560. The number of hydrogen-bond acceptors (Lipinski definition) is 5. The summed E-state index contributed by atoms with van der Waals surface area (Å²) in [6.07, 6.45) is 0. The third kappa shape index (κ3) is 10.4. The highest BCUT2D eigenvalue weighted by molar-refractivity contribution is 6.79. The summed E-state index contributed by atoms with van der Waals surface area (Å²) in [6, 6.07) is 12.7. The normalized spacial score (nSPS) is 12.8. The highest BCUT2D eigenvalue weighted by Crippen LogP contribution is 2.36. The molecule has 2 aromatic carbocycles. The van der Waals surface area contributed by atoms with Gasteiger partial charge < -0.3 is 24.1 Å². The SMILES string of the molecule is C[Si](C)(C)Nc1cc(Nc2ccc(O[Si](C)(C)C)c(N[Si](C)(C)C)c2)ccc1O[Si](C)(C)C. The monoisotopic (exact) mass is 519 g/mol. The fourth-order valence-corrected chi connectivity index (χ4v) is 6.91. The molecular formula is C24H45N3O2Si4. The smallest absolute Gasteiger partial charge is 0.242 e. The van der Waals surface area contributed by atoms with Gasteiger partial charge in [0.2, 0.25) is 16.6 Å². The van der Waals surface area contributed by atoms with E-state index in [2.05, 4.69) is 130 Å². The molecule has 184 valence electrons. The molecule has 0 aliphatic rings. The number of benzene rings is 2. The molecular weight excluding hydrogens is 475 g/mol. The lowest BCUT2D eigenvalue weighted by Gasteiger charge is -2.27. The number of hydrogen-bond donors (Lipinski definition) is 3. The molecule has 0 saturated heterocycles. The fourth-order valence-electron chi connectivity index (χ4n) is 3.22. The summed E-state index contributed by atoms with van der Waals surface area (Å²) in [6.45, 7) is 27.1. The molecule has 3 N–H and O–H groups in total. The van der Waals surface area contributed by atoms with E-state index in [4.69, 9.17) is 8.85 Å². The minimum atomic E-state index is -1.71. The zero-order valence-corrected chi connectivity index (χ0v) is 26.8. The van der Waals surface area contributed by atoms with Crippen molar-refractivity contribution in [1.82, 2.24) is 0 Å². The van der Waals surface area contributed by atoms with E-state index >= 15 is 0 Å². The van der Waals surface area contributed by atoms with Crippen molar-refractivity contribution < 1.29 is 8.85 Å². The first-order chi connectivity index (χ1) is 14.8. The van der Waals surface area contributed by atoms with Gasteiger partial charge in [-0.15, -0.1) is 0 Å². The Kier molecular flexibility index (Phi) is 8.26. The average molecular weight is 520 g/mol. The quantitative estimate of drug-likeness (QED) is 0.275. The van der Waals surface area contributed by atoms with Crippen molar-refractivity contribution in [3.05, 3.63) is 36.4 Å². The average Bonchev–Trinajstić information content (AvgIpc) is 2.54. The Bertz CT molecular complexity index is 879. The van der Waals surface area contributed by atoms with E-state index < -0.39 is 33.1 Å². The van der Waals surface area contributed by atoms with Gasteiger partial charge in [0, 0.05) is 11.4 Å². The Morgan fingerprint density at radius 1 is 0.515 bits per heavy atom. The maximum absolute atomic E-state index is 6.37. The summed E-state index contributed by atoms with van der Waals surface area (Å²) in [5, 5.41) is 3.60. The predicted octanol–water partition coefficient (Wildman–Crippen LogP) is 8.35. The molecule has 0 amide bonds. The third-order valence-corrected chi connectivity index (χ3v) is 7.80. The maximum atomic E-state index is 6.37. The first-order valence-electron chi connectivity index (χ1n) is 11.8. The van der Waals surface area contributed by atoms with Crippen molar-refractivity contribution >= 4 is 55.9 Å². The van der Waals surface area contributed by atoms with E-state index in [1.165, 1.54) is 0 Å². The molecule has 0 radical (unpaired) electrons. The van der Waals surface area contributed by atoms with Crippen LogP contribution < -0.4 is 24.1 Å². The van der Waals surface area contributed by atoms with Gasteiger partial charge in [-0.25, -0.2) is 0 Å². The van der Waals surface area contributed by atoms with Crippen molar-refractivity contribution in [2.45, 2.75) is 78.6 Å². The van der Waals surface area contributed by atoms with Gasteiger partial charge in [0.15, 0.2) is 0 Å². The van der Waals surface area contributed by atoms with Gasteiger partial charge in [0.05, 0.1) is 11.4 Å². The highest BCUT2D eigenvalue weighted by Gasteiger charge is 2.23. The van der Waals surface area contributed by atoms with Gasteiger partial charge in [-0.05, 0) is 75.7 Å². The second-order valence-corrected chi connectivity index (χ2v) is 31.1. The molecule has 0 saturated carbocycles. The van der Waals surface area contributed by atoms with Gasteiger partial charge in [0.25, 0.3) is 0 Å². The Labute approximate surface area is 206 Å². The van der Waals surface area contributed by atoms with E-state index in [0.29, 0.717) is 0 Å². The van der Waals surface area contributed by atoms with Gasteiger partial charge in [-0.3, -0.25) is 0 Å². The summed E-state index contributed by atoms with van der Waals surface area (Å²) in [7, 11) is -6.52. The van der Waals surface area contributed by atoms with Crippen LogP contribution in [-0.4, -0.2) is 33.1 Å². The zero-order valence-electron chi connectivity index (χ0n) is 22.8. The summed E-state index contributed by atoms with van der Waals surface area (Å²) in [4.78, 5) is 7.50. The Morgan fingerprint density at radius 3 is 1.12 bits per heavy atom. The molecule has 2 aromatic rings. The van der Waals surface area contributed by atoms with Crippen LogP contribution in [-0.2, 0) is 0 Å². The predicted molar refractivity (Wildman–Crippen MR) is 158 cm³/mol. The van der Waals surface area contributed by atoms with Gasteiger partial charge in [0.1, 0.15) is 28.0 Å². The molecule has 0 aliphatic heterocycles. The second kappa shape index (κ2) is 9.89. The molecule has 9 heteroatoms. The third-order valence-electron chi connectivity index (χ3n) is 4.10. The zero-order chi connectivity index (χ0) is 25.2. The highest BCUT2D eigenvalue weighted by atomic mass is 28.4. The molecule has 2 rings (SSSR count). The Hall–Kier alpha value is -1.69. The molecule has 0 spiro atoms. The molecule has 0 fully saturated rings. The van der Waals surface area contributed by atoms with E-state index in [9.17, 15) is 0 Å². The largest absolute Gasteiger partial charge is 0.543 e. The van der Waals surface area contributed by atoms with Crippen molar-refractivity contribution in [3.63, 3.8) is 0 Å². The first kappa shape index (κ1) is 27.6. The topological polar surface area (TPSA) is 54.5 Å². The standard InChI is InChI=1S/C24H45N3O2Si4/c1-30(2,3)26-21-17-19(13-15-23(21)28-32(7,8)9)25-20-14-16-24(29-33(10,11)12)22(18-20)27-31(4,5)6/h13-18,25-27H,1-12H3. The summed E-state index contributed by atoms with van der Waals surface area (Å²) >= 11 is 0. The van der Waals surface area contributed by atoms with Crippen LogP contribution in [0.4, 0.5) is 22.7 Å². The van der Waals surface area contributed by atoms with Crippen LogP contribution in [0, 0.1) is 0 Å². The van der Waals surface area contributed by atoms with E-state index in [1.54, 1.807) is 0 Å². The first-order valence-corrected chi connectivity index (χ1v) is 25.6. The molecule has 33 heavy (non-hydrogen) atoms. The summed E-state index contributed by atoms with van der Waals surface area (Å²) in [5.74, 6) is 1.89. The van der Waals surface area contributed by atoms with Crippen LogP contribution in [0.3, 0.4) is 0 Å². The summed E-state index contributed by atoms with van der Waals surface area (Å²) < 4.78 is 12.7. The molecule has 0 unspecified atom stereocenters. The van der Waals surface area contributed by atoms with E-state index in [0.717, 1.165) is 34.2 Å². The van der Waals surface area contributed by atoms with Crippen molar-refractivity contribution in [2.24, 2.45) is 0 Å². The minimum absolute atomic E-state index is 0.946. The molecule has 0 aliphatic carbocycles. The lowest BCUT2D eigenvalue weighted by Crippen LogP contribution is -2.34. The van der Waals surface area contributed by atoms with E-state index in [1.807, 2.05) is 0 Å². The second-order valence-electron chi connectivity index (χ2n) is 12.7. The minimum Gasteiger partial charge on any atom is -0.543 e. The molecule has 5 nitrogen and oxygen atoms in total. The van der Waals surface area contributed by atoms with Crippen LogP contribution in [0.2, 0.25) is 78.6 Å². The Balaban J connectivity index is 2.40. The fraction of sp³-hybridized carbons (Fsp3) is 0.500. The van der Waals surface area contributed by atoms with Crippen molar-refractivity contribution in [1.29, 1.82) is 0 Å².